The first-order valence-corrected chi connectivity index (χ1v) is 7.67. The fourth-order valence-electron chi connectivity index (χ4n) is 1.84. The minimum absolute atomic E-state index is 0.0613. The first-order chi connectivity index (χ1) is 11.7. The van der Waals surface area contributed by atoms with E-state index in [2.05, 4.69) is 0 Å². The van der Waals surface area contributed by atoms with Crippen molar-refractivity contribution < 1.29 is 41.8 Å². The quantitative estimate of drug-likeness (QED) is 0.550. The third-order valence-electron chi connectivity index (χ3n) is 3.17. The predicted molar refractivity (Wildman–Crippen MR) is 77.4 cm³/mol. The van der Waals surface area contributed by atoms with Crippen LogP contribution in [0.1, 0.15) is 19.8 Å². The van der Waals surface area contributed by atoms with Gasteiger partial charge in [-0.3, -0.25) is 9.59 Å². The average Bonchev–Trinajstić information content (AvgIpc) is 3.06. The number of hydrogen-bond donors (Lipinski definition) is 2. The summed E-state index contributed by atoms with van der Waals surface area (Å²) in [6, 6.07) is 0. The molecule has 0 saturated carbocycles. The zero-order valence-corrected chi connectivity index (χ0v) is 13.7. The molecule has 25 heavy (non-hydrogen) atoms. The third-order valence-corrected chi connectivity index (χ3v) is 3.17. The molecule has 0 aromatic heterocycles. The Labute approximate surface area is 142 Å². The smallest absolute Gasteiger partial charge is 0.405 e. The molecule has 1 heterocycles. The largest absolute Gasteiger partial charge is 0.454 e. The van der Waals surface area contributed by atoms with Gasteiger partial charge in [-0.15, -0.1) is 0 Å². The van der Waals surface area contributed by atoms with Crippen LogP contribution in [0.2, 0.25) is 0 Å². The van der Waals surface area contributed by atoms with Crippen LogP contribution in [-0.2, 0) is 28.6 Å². The van der Waals surface area contributed by atoms with E-state index in [0.717, 1.165) is 12.8 Å². The lowest BCUT2D eigenvalue weighted by atomic mass is 10.2. The number of carbonyl (C=O) groups is 3. The van der Waals surface area contributed by atoms with E-state index < -0.39 is 49.8 Å². The molecular weight excluding hydrogens is 349 g/mol. The standard InChI is InChI=1S/C14H21F3N2O6/c1-9(24-6-10-3-2-4-23-10)13(22)25-7-12(21)18-5-11(20)19-8-14(15,16)17/h9-10H,2-8H2,1H3,(H,18,21)(H,19,20). The second-order valence-electron chi connectivity index (χ2n) is 5.39. The first kappa shape index (κ1) is 21.2. The summed E-state index contributed by atoms with van der Waals surface area (Å²) in [5.74, 6) is -2.60. The zero-order chi connectivity index (χ0) is 18.9. The summed E-state index contributed by atoms with van der Waals surface area (Å²) >= 11 is 0. The fourth-order valence-corrected chi connectivity index (χ4v) is 1.84. The van der Waals surface area contributed by atoms with Gasteiger partial charge < -0.3 is 24.8 Å². The molecule has 2 amide bonds. The van der Waals surface area contributed by atoms with Crippen molar-refractivity contribution in [2.75, 3.05) is 32.9 Å². The minimum atomic E-state index is -4.53. The van der Waals surface area contributed by atoms with Crippen molar-refractivity contribution in [3.63, 3.8) is 0 Å². The van der Waals surface area contributed by atoms with Gasteiger partial charge in [0.15, 0.2) is 12.7 Å². The van der Waals surface area contributed by atoms with Crippen LogP contribution in [0.25, 0.3) is 0 Å². The molecule has 2 atom stereocenters. The highest BCUT2D eigenvalue weighted by atomic mass is 19.4. The number of hydrogen-bond acceptors (Lipinski definition) is 6. The Kier molecular flexibility index (Phi) is 8.62. The Hall–Kier alpha value is -1.88. The molecule has 0 bridgehead atoms. The maximum absolute atomic E-state index is 11.9. The van der Waals surface area contributed by atoms with Gasteiger partial charge in [-0.2, -0.15) is 13.2 Å². The summed E-state index contributed by atoms with van der Waals surface area (Å²) in [5, 5.41) is 3.62. The van der Waals surface area contributed by atoms with E-state index in [1.165, 1.54) is 6.92 Å². The number of alkyl halides is 3. The zero-order valence-electron chi connectivity index (χ0n) is 13.7. The van der Waals surface area contributed by atoms with Crippen LogP contribution >= 0.6 is 0 Å². The van der Waals surface area contributed by atoms with Gasteiger partial charge in [0.1, 0.15) is 6.54 Å². The van der Waals surface area contributed by atoms with Crippen LogP contribution in [0.3, 0.4) is 0 Å². The van der Waals surface area contributed by atoms with Crippen LogP contribution in [0.4, 0.5) is 13.2 Å². The summed E-state index contributed by atoms with van der Waals surface area (Å²) in [5.41, 5.74) is 0. The minimum Gasteiger partial charge on any atom is -0.454 e. The molecule has 144 valence electrons. The van der Waals surface area contributed by atoms with Crippen LogP contribution < -0.4 is 10.6 Å². The van der Waals surface area contributed by atoms with Crippen molar-refractivity contribution >= 4 is 17.8 Å². The van der Waals surface area contributed by atoms with Gasteiger partial charge in [0.2, 0.25) is 5.91 Å². The Balaban J connectivity index is 2.13. The average molecular weight is 370 g/mol. The molecule has 11 heteroatoms. The Morgan fingerprint density at radius 1 is 1.24 bits per heavy atom. The Morgan fingerprint density at radius 2 is 1.96 bits per heavy atom. The lowest BCUT2D eigenvalue weighted by molar-refractivity contribution is -0.160. The van der Waals surface area contributed by atoms with Crippen molar-refractivity contribution in [3.05, 3.63) is 0 Å². The third kappa shape index (κ3) is 9.87. The number of ether oxygens (including phenoxy) is 3. The lowest BCUT2D eigenvalue weighted by Gasteiger charge is -2.15. The number of carbonyl (C=O) groups excluding carboxylic acids is 3. The molecule has 1 fully saturated rings. The maximum atomic E-state index is 11.9. The molecule has 8 nitrogen and oxygen atoms in total. The molecule has 1 aliphatic rings. The number of nitrogens with one attached hydrogen (secondary N) is 2. The van der Waals surface area contributed by atoms with E-state index in [1.807, 2.05) is 5.32 Å². The van der Waals surface area contributed by atoms with Crippen molar-refractivity contribution in [2.45, 2.75) is 38.1 Å². The van der Waals surface area contributed by atoms with E-state index >= 15 is 0 Å². The number of esters is 1. The molecular formula is C14H21F3N2O6. The molecule has 0 aromatic carbocycles. The van der Waals surface area contributed by atoms with Gasteiger partial charge in [0.05, 0.1) is 19.3 Å². The number of rotatable bonds is 9. The van der Waals surface area contributed by atoms with Gasteiger partial charge >= 0.3 is 12.1 Å². The van der Waals surface area contributed by atoms with Gasteiger partial charge in [-0.05, 0) is 19.8 Å². The van der Waals surface area contributed by atoms with Crippen LogP contribution in [-0.4, -0.2) is 69.1 Å². The highest BCUT2D eigenvalue weighted by Gasteiger charge is 2.27. The monoisotopic (exact) mass is 370 g/mol. The summed E-state index contributed by atoms with van der Waals surface area (Å²) in [6.07, 6.45) is -3.71. The molecule has 0 aliphatic carbocycles. The Bertz CT molecular complexity index is 466. The second kappa shape index (κ2) is 10.2. The van der Waals surface area contributed by atoms with Gasteiger partial charge in [0.25, 0.3) is 5.91 Å². The molecule has 1 rings (SSSR count). The normalized spacial score (nSPS) is 18.5. The van der Waals surface area contributed by atoms with E-state index in [1.54, 1.807) is 5.32 Å². The van der Waals surface area contributed by atoms with Crippen LogP contribution in [0, 0.1) is 0 Å². The highest BCUT2D eigenvalue weighted by Crippen LogP contribution is 2.13. The Morgan fingerprint density at radius 3 is 2.56 bits per heavy atom. The summed E-state index contributed by atoms with van der Waals surface area (Å²) in [6.45, 7) is -0.460. The molecule has 0 radical (unpaired) electrons. The molecule has 0 spiro atoms. The summed E-state index contributed by atoms with van der Waals surface area (Å²) in [4.78, 5) is 34.1. The number of amides is 2. The van der Waals surface area contributed by atoms with E-state index in [4.69, 9.17) is 14.2 Å². The SMILES string of the molecule is CC(OCC1CCCO1)C(=O)OCC(=O)NCC(=O)NCC(F)(F)F. The van der Waals surface area contributed by atoms with Gasteiger partial charge in [0, 0.05) is 6.61 Å². The van der Waals surface area contributed by atoms with Crippen LogP contribution in [0.5, 0.6) is 0 Å². The number of halogens is 3. The van der Waals surface area contributed by atoms with E-state index in [0.29, 0.717) is 6.61 Å². The van der Waals surface area contributed by atoms with Crippen LogP contribution in [0.15, 0.2) is 0 Å². The van der Waals surface area contributed by atoms with Crippen molar-refractivity contribution in [1.82, 2.24) is 10.6 Å². The van der Waals surface area contributed by atoms with Gasteiger partial charge in [-0.1, -0.05) is 0 Å². The molecule has 2 unspecified atom stereocenters. The van der Waals surface area contributed by atoms with E-state index in [-0.39, 0.29) is 12.7 Å². The summed E-state index contributed by atoms with van der Waals surface area (Å²) in [7, 11) is 0. The second-order valence-corrected chi connectivity index (χ2v) is 5.39. The predicted octanol–water partition coefficient (Wildman–Crippen LogP) is -0.0916. The van der Waals surface area contributed by atoms with Crippen molar-refractivity contribution in [1.29, 1.82) is 0 Å². The topological polar surface area (TPSA) is 103 Å². The highest BCUT2D eigenvalue weighted by molar-refractivity contribution is 5.86. The lowest BCUT2D eigenvalue weighted by Crippen LogP contribution is -2.42. The molecule has 0 aromatic rings. The van der Waals surface area contributed by atoms with E-state index in [9.17, 15) is 27.6 Å². The summed E-state index contributed by atoms with van der Waals surface area (Å²) < 4.78 is 51.0. The van der Waals surface area contributed by atoms with Crippen molar-refractivity contribution in [2.24, 2.45) is 0 Å². The molecule has 2 N–H and O–H groups in total. The van der Waals surface area contributed by atoms with Gasteiger partial charge in [-0.25, -0.2) is 4.79 Å². The molecule has 1 saturated heterocycles. The fraction of sp³-hybridized carbons (Fsp3) is 0.786. The molecule has 1 aliphatic heterocycles. The maximum Gasteiger partial charge on any atom is 0.405 e. The first-order valence-electron chi connectivity index (χ1n) is 7.67. The van der Waals surface area contributed by atoms with Crippen molar-refractivity contribution in [3.8, 4) is 0 Å².